The number of hydrogen-bond acceptors (Lipinski definition) is 4. The molecule has 0 aliphatic carbocycles. The Kier molecular flexibility index (Phi) is 5.06. The lowest BCUT2D eigenvalue weighted by atomic mass is 10.1. The first kappa shape index (κ1) is 17.5. The molecular weight excluding hydrogens is 342 g/mol. The van der Waals surface area contributed by atoms with Gasteiger partial charge in [-0.05, 0) is 45.1 Å². The van der Waals surface area contributed by atoms with E-state index < -0.39 is 0 Å². The van der Waals surface area contributed by atoms with Crippen molar-refractivity contribution in [3.8, 4) is 0 Å². The quantitative estimate of drug-likeness (QED) is 0.699. The van der Waals surface area contributed by atoms with Gasteiger partial charge in [0.25, 0.3) is 0 Å². The van der Waals surface area contributed by atoms with Crippen molar-refractivity contribution < 1.29 is 4.79 Å². The first-order chi connectivity index (χ1) is 13.2. The van der Waals surface area contributed by atoms with E-state index in [0.717, 1.165) is 37.4 Å². The number of H-pyrrole nitrogens is 1. The minimum absolute atomic E-state index is 0.0597. The molecule has 2 N–H and O–H groups in total. The molecule has 0 bridgehead atoms. The summed E-state index contributed by atoms with van der Waals surface area (Å²) in [6, 6.07) is 5.69. The van der Waals surface area contributed by atoms with Crippen molar-refractivity contribution in [3.05, 3.63) is 55.0 Å². The van der Waals surface area contributed by atoms with Gasteiger partial charge in [0.05, 0.1) is 18.6 Å². The van der Waals surface area contributed by atoms with Crippen LogP contribution in [-0.4, -0.2) is 55.3 Å². The van der Waals surface area contributed by atoms with Crippen LogP contribution in [0.5, 0.6) is 0 Å². The number of anilines is 1. The van der Waals surface area contributed by atoms with Crippen molar-refractivity contribution in [3.63, 3.8) is 0 Å². The molecule has 1 aliphatic rings. The fourth-order valence-corrected chi connectivity index (χ4v) is 3.65. The van der Waals surface area contributed by atoms with Crippen LogP contribution in [0.25, 0.3) is 0 Å². The van der Waals surface area contributed by atoms with Crippen molar-refractivity contribution in [2.75, 3.05) is 25.5 Å². The number of nitrogens with zero attached hydrogens (tertiary/aromatic N) is 5. The number of aromatic nitrogens is 5. The molecule has 3 aromatic heterocycles. The molecule has 0 saturated carbocycles. The highest BCUT2D eigenvalue weighted by Gasteiger charge is 2.25. The second-order valence-corrected chi connectivity index (χ2v) is 7.11. The Labute approximate surface area is 158 Å². The third-order valence-electron chi connectivity index (χ3n) is 5.21. The lowest BCUT2D eigenvalue weighted by Crippen LogP contribution is -2.33. The maximum atomic E-state index is 13.1. The van der Waals surface area contributed by atoms with Gasteiger partial charge in [-0.25, -0.2) is 9.67 Å². The Bertz CT molecular complexity index is 845. The Morgan fingerprint density at radius 3 is 2.81 bits per heavy atom. The highest BCUT2D eigenvalue weighted by atomic mass is 16.2. The molecule has 4 rings (SSSR count). The van der Waals surface area contributed by atoms with E-state index in [0.29, 0.717) is 12.5 Å². The molecule has 8 nitrogen and oxygen atoms in total. The van der Waals surface area contributed by atoms with Crippen LogP contribution in [-0.2, 0) is 11.2 Å². The molecule has 1 unspecified atom stereocenters. The Hall–Kier alpha value is -2.87. The lowest BCUT2D eigenvalue weighted by molar-refractivity contribution is -0.119. The zero-order valence-electron chi connectivity index (χ0n) is 15.5. The van der Waals surface area contributed by atoms with Crippen molar-refractivity contribution in [1.29, 1.82) is 0 Å². The molecule has 1 fully saturated rings. The number of rotatable bonds is 6. The third kappa shape index (κ3) is 3.95. The summed E-state index contributed by atoms with van der Waals surface area (Å²) in [7, 11) is 2.14. The molecule has 3 aromatic rings. The zero-order valence-corrected chi connectivity index (χ0v) is 15.5. The molecule has 1 aliphatic heterocycles. The van der Waals surface area contributed by atoms with Gasteiger partial charge in [-0.1, -0.05) is 0 Å². The summed E-state index contributed by atoms with van der Waals surface area (Å²) in [5.74, 6) is 0.701. The number of likely N-dealkylation sites (tertiary alicyclic amines) is 1. The molecule has 1 atom stereocenters. The van der Waals surface area contributed by atoms with Crippen LogP contribution in [0.3, 0.4) is 0 Å². The van der Waals surface area contributed by atoms with Gasteiger partial charge in [0.1, 0.15) is 11.9 Å². The predicted octanol–water partition coefficient (Wildman–Crippen LogP) is 2.10. The van der Waals surface area contributed by atoms with E-state index in [4.69, 9.17) is 0 Å². The minimum atomic E-state index is -0.360. The number of amides is 1. The Balaban J connectivity index is 1.51. The van der Waals surface area contributed by atoms with Crippen LogP contribution in [0.15, 0.2) is 49.3 Å². The molecule has 8 heteroatoms. The van der Waals surface area contributed by atoms with Crippen molar-refractivity contribution in [2.45, 2.75) is 31.3 Å². The maximum absolute atomic E-state index is 13.1. The SMILES string of the molecule is CN1CCC(n2nccc2NC(=O)C(Cc2cnc[nH]2)n2cccc2)CC1. The number of hydrogen-bond donors (Lipinski definition) is 2. The van der Waals surface area contributed by atoms with E-state index in [9.17, 15) is 4.79 Å². The van der Waals surface area contributed by atoms with Gasteiger partial charge in [0.2, 0.25) is 5.91 Å². The maximum Gasteiger partial charge on any atom is 0.248 e. The van der Waals surface area contributed by atoms with Crippen LogP contribution in [0.1, 0.15) is 30.6 Å². The van der Waals surface area contributed by atoms with Crippen LogP contribution in [0.2, 0.25) is 0 Å². The monoisotopic (exact) mass is 367 g/mol. The smallest absolute Gasteiger partial charge is 0.248 e. The summed E-state index contributed by atoms with van der Waals surface area (Å²) >= 11 is 0. The fraction of sp³-hybridized carbons (Fsp3) is 0.421. The molecule has 0 spiro atoms. The highest BCUT2D eigenvalue weighted by Crippen LogP contribution is 2.25. The molecule has 0 radical (unpaired) electrons. The van der Waals surface area contributed by atoms with Crippen LogP contribution < -0.4 is 5.32 Å². The van der Waals surface area contributed by atoms with Gasteiger partial charge in [0.15, 0.2) is 0 Å². The van der Waals surface area contributed by atoms with Crippen LogP contribution >= 0.6 is 0 Å². The number of imidazole rings is 1. The second kappa shape index (κ2) is 7.79. The van der Waals surface area contributed by atoms with Gasteiger partial charge < -0.3 is 19.8 Å². The predicted molar refractivity (Wildman–Crippen MR) is 102 cm³/mol. The minimum Gasteiger partial charge on any atom is -0.348 e. The molecule has 1 amide bonds. The first-order valence-corrected chi connectivity index (χ1v) is 9.33. The van der Waals surface area contributed by atoms with Gasteiger partial charge in [0, 0.05) is 36.8 Å². The van der Waals surface area contributed by atoms with Gasteiger partial charge >= 0.3 is 0 Å². The number of carbonyl (C=O) groups is 1. The normalized spacial score (nSPS) is 17.1. The summed E-state index contributed by atoms with van der Waals surface area (Å²) in [5.41, 5.74) is 0.924. The van der Waals surface area contributed by atoms with E-state index in [-0.39, 0.29) is 11.9 Å². The lowest BCUT2D eigenvalue weighted by Gasteiger charge is -2.30. The van der Waals surface area contributed by atoms with Gasteiger partial charge in [-0.15, -0.1) is 0 Å². The van der Waals surface area contributed by atoms with E-state index in [1.165, 1.54) is 0 Å². The molecular formula is C19H25N7O. The van der Waals surface area contributed by atoms with E-state index >= 15 is 0 Å². The summed E-state index contributed by atoms with van der Waals surface area (Å²) < 4.78 is 3.89. The molecule has 4 heterocycles. The molecule has 27 heavy (non-hydrogen) atoms. The average molecular weight is 367 g/mol. The summed E-state index contributed by atoms with van der Waals surface area (Å²) in [4.78, 5) is 22.6. The van der Waals surface area contributed by atoms with E-state index in [2.05, 4.69) is 32.3 Å². The van der Waals surface area contributed by atoms with Crippen LogP contribution in [0, 0.1) is 0 Å². The summed E-state index contributed by atoms with van der Waals surface area (Å²) in [5, 5.41) is 7.57. The van der Waals surface area contributed by atoms with Gasteiger partial charge in [-0.2, -0.15) is 5.10 Å². The number of nitrogens with one attached hydrogen (secondary N) is 2. The van der Waals surface area contributed by atoms with Gasteiger partial charge in [-0.3, -0.25) is 4.79 Å². The number of aromatic amines is 1. The topological polar surface area (TPSA) is 83.8 Å². The van der Waals surface area contributed by atoms with E-state index in [1.54, 1.807) is 18.7 Å². The first-order valence-electron chi connectivity index (χ1n) is 9.33. The number of piperidine rings is 1. The number of carbonyl (C=O) groups excluding carboxylic acids is 1. The van der Waals surface area contributed by atoms with Crippen molar-refractivity contribution in [2.24, 2.45) is 0 Å². The summed E-state index contributed by atoms with van der Waals surface area (Å²) in [6.07, 6.45) is 11.6. The molecule has 142 valence electrons. The summed E-state index contributed by atoms with van der Waals surface area (Å²) in [6.45, 7) is 2.09. The average Bonchev–Trinajstić information content (AvgIpc) is 3.43. The highest BCUT2D eigenvalue weighted by molar-refractivity contribution is 5.93. The van der Waals surface area contributed by atoms with Crippen molar-refractivity contribution >= 4 is 11.7 Å². The largest absolute Gasteiger partial charge is 0.348 e. The third-order valence-corrected chi connectivity index (χ3v) is 5.21. The Morgan fingerprint density at radius 1 is 1.33 bits per heavy atom. The van der Waals surface area contributed by atoms with Crippen LogP contribution in [0.4, 0.5) is 5.82 Å². The second-order valence-electron chi connectivity index (χ2n) is 7.11. The molecule has 1 saturated heterocycles. The Morgan fingerprint density at radius 2 is 2.11 bits per heavy atom. The zero-order chi connectivity index (χ0) is 18.6. The van der Waals surface area contributed by atoms with E-state index in [1.807, 2.05) is 39.8 Å². The fourth-order valence-electron chi connectivity index (χ4n) is 3.65. The standard InChI is InChI=1S/C19H25N7O/c1-24-10-5-16(6-11-24)26-18(4-7-22-26)23-19(27)17(25-8-2-3-9-25)12-15-13-20-14-21-15/h2-4,7-9,13-14,16-17H,5-6,10-12H2,1H3,(H,20,21)(H,23,27). The van der Waals surface area contributed by atoms with Crippen molar-refractivity contribution in [1.82, 2.24) is 29.2 Å². The molecule has 0 aromatic carbocycles.